The standard InChI is InChI=1S/C23H21.C10H15.C6H10.2ClH.Zr/c1-22(2)7-5-14-10-18-16(12-20(14)22)9-17-13-21-15(11-19(17)18)6-8-23(21,3)4;1-8-5-6-9(7-8)10(2,3)4;1-2-4-6-5-3-1;;;/h5-13H,1-4H3;6-8H,1-4H3;1-5H2;2*1H;/q;;;;;+2/p-2. The summed E-state index contributed by atoms with van der Waals surface area (Å²) in [6.45, 7) is 19.3. The van der Waals surface area contributed by atoms with Crippen LogP contribution in [0.2, 0.25) is 0 Å². The van der Waals surface area contributed by atoms with Crippen LogP contribution in [0.25, 0.3) is 23.3 Å². The van der Waals surface area contributed by atoms with Crippen LogP contribution >= 0.6 is 0 Å². The molecule has 0 aliphatic heterocycles. The molecule has 1 saturated carbocycles. The number of rotatable bonds is 2. The van der Waals surface area contributed by atoms with Crippen LogP contribution in [0.5, 0.6) is 0 Å². The monoisotopic (exact) mass is 674 g/mol. The van der Waals surface area contributed by atoms with E-state index in [0.29, 0.717) is 9.54 Å². The summed E-state index contributed by atoms with van der Waals surface area (Å²) >= 11 is -2.34. The van der Waals surface area contributed by atoms with Gasteiger partial charge in [-0.2, -0.15) is 0 Å². The Morgan fingerprint density at radius 1 is 0.738 bits per heavy atom. The Bertz CT molecular complexity index is 1530. The second-order valence-corrected chi connectivity index (χ2v) is 22.0. The average Bonchev–Trinajstić information content (AvgIpc) is 3.61. The Balaban J connectivity index is 0.00000176. The topological polar surface area (TPSA) is 0 Å². The van der Waals surface area contributed by atoms with Crippen molar-refractivity contribution in [3.05, 3.63) is 90.8 Å². The number of halogens is 2. The summed E-state index contributed by atoms with van der Waals surface area (Å²) in [5, 5.41) is 0. The Hall–Kier alpha value is -1.27. The summed E-state index contributed by atoms with van der Waals surface area (Å²) in [7, 11) is 0. The molecule has 0 bridgehead atoms. The van der Waals surface area contributed by atoms with E-state index in [1.165, 1.54) is 65.5 Å². The molecule has 0 nitrogen and oxygen atoms in total. The molecule has 1 unspecified atom stereocenters. The van der Waals surface area contributed by atoms with E-state index in [0.717, 1.165) is 0 Å². The molecule has 0 N–H and O–H groups in total. The first-order valence-electron chi connectivity index (χ1n) is 15.8. The van der Waals surface area contributed by atoms with Gasteiger partial charge in [-0.25, -0.2) is 0 Å². The van der Waals surface area contributed by atoms with Crippen LogP contribution in [-0.2, 0) is 32.1 Å². The minimum Gasteiger partial charge on any atom is -1.00 e. The van der Waals surface area contributed by atoms with Gasteiger partial charge in [0.25, 0.3) is 0 Å². The van der Waals surface area contributed by atoms with E-state index in [-0.39, 0.29) is 41.1 Å². The molecule has 0 amide bonds. The molecule has 0 saturated heterocycles. The molecule has 2 aromatic rings. The maximum absolute atomic E-state index is 2.72. The van der Waals surface area contributed by atoms with Gasteiger partial charge >= 0.3 is 252 Å². The molecule has 3 heteroatoms. The Morgan fingerprint density at radius 2 is 1.24 bits per heavy atom. The summed E-state index contributed by atoms with van der Waals surface area (Å²) in [5.74, 6) is 0.575. The van der Waals surface area contributed by atoms with Crippen molar-refractivity contribution in [1.29, 1.82) is 0 Å². The molecular formula is C39H46Cl2Zr. The fourth-order valence-electron chi connectivity index (χ4n) is 8.18. The average molecular weight is 677 g/mol. The zero-order valence-electron chi connectivity index (χ0n) is 26.7. The van der Waals surface area contributed by atoms with Crippen LogP contribution in [-0.4, -0.2) is 3.21 Å². The zero-order chi connectivity index (χ0) is 28.2. The van der Waals surface area contributed by atoms with Gasteiger partial charge in [0.1, 0.15) is 0 Å². The first-order chi connectivity index (χ1) is 18.8. The van der Waals surface area contributed by atoms with Crippen molar-refractivity contribution < 1.29 is 46.1 Å². The molecule has 0 aromatic heterocycles. The third-order valence-electron chi connectivity index (χ3n) is 10.6. The number of allylic oxidation sites excluding steroid dienone is 6. The van der Waals surface area contributed by atoms with Gasteiger partial charge in [-0.15, -0.1) is 0 Å². The fourth-order valence-corrected chi connectivity index (χ4v) is 18.1. The van der Waals surface area contributed by atoms with E-state index < -0.39 is 21.3 Å². The van der Waals surface area contributed by atoms with Crippen molar-refractivity contribution >= 4 is 15.4 Å². The summed E-state index contributed by atoms with van der Waals surface area (Å²) in [4.78, 5) is 0. The Labute approximate surface area is 274 Å². The van der Waals surface area contributed by atoms with Crippen LogP contribution in [0.3, 0.4) is 0 Å². The first kappa shape index (κ1) is 32.1. The maximum Gasteiger partial charge on any atom is -1.00 e. The van der Waals surface area contributed by atoms with Crippen molar-refractivity contribution in [2.75, 3.05) is 0 Å². The summed E-state index contributed by atoms with van der Waals surface area (Å²) in [6.07, 6.45) is 21.9. The fraction of sp³-hybridized carbons (Fsp3) is 0.462. The van der Waals surface area contributed by atoms with Crippen LogP contribution in [0.15, 0.2) is 57.4 Å². The molecule has 1 fully saturated rings. The van der Waals surface area contributed by atoms with Crippen molar-refractivity contribution in [1.82, 2.24) is 0 Å². The molecule has 7 rings (SSSR count). The molecule has 220 valence electrons. The number of hydrogen-bond acceptors (Lipinski definition) is 0. The minimum absolute atomic E-state index is 0. The molecule has 1 atom stereocenters. The third-order valence-corrected chi connectivity index (χ3v) is 19.7. The SMILES string of the molecule is CC1C=C(C(C)(C)C)C=[C]1[Zr+2](=[C]1CCCCC1)[CH]1c2cc3c(cc2-c2cc4c(cc21)C(C)(C)C=C4)C=CC3(C)C.[Cl-].[Cl-]. The van der Waals surface area contributed by atoms with E-state index >= 15 is 0 Å². The van der Waals surface area contributed by atoms with Gasteiger partial charge in [0, 0.05) is 0 Å². The predicted octanol–water partition coefficient (Wildman–Crippen LogP) is 4.63. The molecule has 5 aliphatic carbocycles. The normalized spacial score (nSPS) is 22.3. The largest absolute Gasteiger partial charge is 1.00 e. The van der Waals surface area contributed by atoms with Crippen molar-refractivity contribution in [2.24, 2.45) is 11.3 Å². The number of fused-ring (bicyclic) bond motifs is 5. The van der Waals surface area contributed by atoms with E-state index in [1.54, 1.807) is 16.7 Å². The molecule has 0 spiro atoms. The van der Waals surface area contributed by atoms with E-state index in [2.05, 4.69) is 116 Å². The van der Waals surface area contributed by atoms with Crippen LogP contribution in [0.4, 0.5) is 0 Å². The predicted molar refractivity (Wildman–Crippen MR) is 171 cm³/mol. The minimum atomic E-state index is -2.34. The van der Waals surface area contributed by atoms with Gasteiger partial charge in [0.15, 0.2) is 0 Å². The Morgan fingerprint density at radius 3 is 1.69 bits per heavy atom. The molecule has 0 radical (unpaired) electrons. The quantitative estimate of drug-likeness (QED) is 0.436. The second kappa shape index (κ2) is 11.0. The van der Waals surface area contributed by atoms with Crippen LogP contribution in [0.1, 0.15) is 125 Å². The maximum atomic E-state index is 2.72. The van der Waals surface area contributed by atoms with Gasteiger partial charge < -0.3 is 24.8 Å². The molecular weight excluding hydrogens is 631 g/mol. The number of benzene rings is 2. The van der Waals surface area contributed by atoms with Crippen LogP contribution < -0.4 is 24.8 Å². The van der Waals surface area contributed by atoms with E-state index in [9.17, 15) is 0 Å². The van der Waals surface area contributed by atoms with Crippen LogP contribution in [0, 0.1) is 11.3 Å². The van der Waals surface area contributed by atoms with Gasteiger partial charge in [-0.05, 0) is 0 Å². The first-order valence-corrected chi connectivity index (χ1v) is 19.6. The van der Waals surface area contributed by atoms with Gasteiger partial charge in [-0.3, -0.25) is 0 Å². The van der Waals surface area contributed by atoms with Crippen molar-refractivity contribution in [3.63, 3.8) is 0 Å². The van der Waals surface area contributed by atoms with Gasteiger partial charge in [0.05, 0.1) is 0 Å². The van der Waals surface area contributed by atoms with Gasteiger partial charge in [-0.1, -0.05) is 0 Å². The summed E-state index contributed by atoms with van der Waals surface area (Å²) in [6, 6.07) is 10.5. The second-order valence-electron chi connectivity index (χ2n) is 15.4. The van der Waals surface area contributed by atoms with E-state index in [4.69, 9.17) is 0 Å². The molecule has 0 heterocycles. The summed E-state index contributed by atoms with van der Waals surface area (Å²) < 4.78 is 4.46. The van der Waals surface area contributed by atoms with E-state index in [1.807, 2.05) is 6.49 Å². The Kier molecular flexibility index (Phi) is 8.39. The molecule has 2 aromatic carbocycles. The van der Waals surface area contributed by atoms with Gasteiger partial charge in [0.2, 0.25) is 0 Å². The summed E-state index contributed by atoms with van der Waals surface area (Å²) in [5.41, 5.74) is 14.4. The van der Waals surface area contributed by atoms with Crippen molar-refractivity contribution in [3.8, 4) is 11.1 Å². The molecule has 5 aliphatic rings. The smallest absolute Gasteiger partial charge is 1.00 e. The third kappa shape index (κ3) is 5.03. The zero-order valence-corrected chi connectivity index (χ0v) is 30.7. The van der Waals surface area contributed by atoms with Crippen molar-refractivity contribution in [2.45, 2.75) is 102 Å². The number of hydrogen-bond donors (Lipinski definition) is 0. The molecule has 42 heavy (non-hydrogen) atoms.